The average molecular weight is 299 g/mol. The van der Waals surface area contributed by atoms with Crippen LogP contribution in [0.2, 0.25) is 5.15 Å². The highest BCUT2D eigenvalue weighted by molar-refractivity contribution is 6.29. The van der Waals surface area contributed by atoms with Crippen molar-refractivity contribution in [3.05, 3.63) is 22.8 Å². The molecule has 0 unspecified atom stereocenters. The van der Waals surface area contributed by atoms with Crippen LogP contribution < -0.4 is 16.0 Å². The van der Waals surface area contributed by atoms with E-state index in [2.05, 4.69) is 20.9 Å². The van der Waals surface area contributed by atoms with Crippen molar-refractivity contribution in [3.63, 3.8) is 0 Å². The molecule has 1 aromatic rings. The van der Waals surface area contributed by atoms with E-state index in [9.17, 15) is 9.59 Å². The second kappa shape index (κ2) is 8.37. The van der Waals surface area contributed by atoms with E-state index >= 15 is 0 Å². The zero-order valence-electron chi connectivity index (χ0n) is 11.6. The molecule has 0 saturated carbocycles. The van der Waals surface area contributed by atoms with Gasteiger partial charge < -0.3 is 16.0 Å². The predicted octanol–water partition coefficient (Wildman–Crippen LogP) is 1.42. The van der Waals surface area contributed by atoms with E-state index in [1.54, 1.807) is 13.1 Å². The first-order valence-corrected chi connectivity index (χ1v) is 6.84. The lowest BCUT2D eigenvalue weighted by atomic mass is 10.2. The molecule has 1 rings (SSSR count). The summed E-state index contributed by atoms with van der Waals surface area (Å²) >= 11 is 5.88. The number of amides is 2. The summed E-state index contributed by atoms with van der Waals surface area (Å²) in [5, 5.41) is 8.48. The maximum absolute atomic E-state index is 11.9. The van der Waals surface area contributed by atoms with Crippen LogP contribution in [-0.2, 0) is 4.79 Å². The Morgan fingerprint density at radius 3 is 2.70 bits per heavy atom. The van der Waals surface area contributed by atoms with Gasteiger partial charge in [-0.25, -0.2) is 4.98 Å². The average Bonchev–Trinajstić information content (AvgIpc) is 2.44. The quantitative estimate of drug-likeness (QED) is 0.665. The number of carbonyl (C=O) groups is 2. The van der Waals surface area contributed by atoms with Gasteiger partial charge in [0.2, 0.25) is 5.91 Å². The van der Waals surface area contributed by atoms with Gasteiger partial charge in [-0.05, 0) is 18.6 Å². The highest BCUT2D eigenvalue weighted by Crippen LogP contribution is 2.14. The third-order valence-electron chi connectivity index (χ3n) is 2.53. The summed E-state index contributed by atoms with van der Waals surface area (Å²) in [5.41, 5.74) is 0.417. The SMILES string of the molecule is CCCNc1cc(C(=O)NCCC(=O)NC)cc(Cl)n1. The van der Waals surface area contributed by atoms with Crippen LogP contribution in [0.5, 0.6) is 0 Å². The largest absolute Gasteiger partial charge is 0.370 e. The van der Waals surface area contributed by atoms with Crippen molar-refractivity contribution in [1.29, 1.82) is 0 Å². The van der Waals surface area contributed by atoms with Crippen molar-refractivity contribution in [1.82, 2.24) is 15.6 Å². The fourth-order valence-electron chi connectivity index (χ4n) is 1.49. The molecular formula is C13H19ClN4O2. The van der Waals surface area contributed by atoms with E-state index in [4.69, 9.17) is 11.6 Å². The smallest absolute Gasteiger partial charge is 0.251 e. The van der Waals surface area contributed by atoms with Crippen LogP contribution in [0, 0.1) is 0 Å². The minimum absolute atomic E-state index is 0.122. The number of hydrogen-bond acceptors (Lipinski definition) is 4. The standard InChI is InChI=1S/C13H19ClN4O2/c1-3-5-16-11-8-9(7-10(14)18-11)13(20)17-6-4-12(19)15-2/h7-8H,3-6H2,1-2H3,(H,15,19)(H,16,18)(H,17,20). The third kappa shape index (κ3) is 5.44. The number of nitrogens with one attached hydrogen (secondary N) is 3. The van der Waals surface area contributed by atoms with Gasteiger partial charge in [-0.15, -0.1) is 0 Å². The summed E-state index contributed by atoms with van der Waals surface area (Å²) in [7, 11) is 1.55. The molecule has 0 spiro atoms. The van der Waals surface area contributed by atoms with Crippen molar-refractivity contribution in [3.8, 4) is 0 Å². The number of aromatic nitrogens is 1. The highest BCUT2D eigenvalue weighted by Gasteiger charge is 2.09. The summed E-state index contributed by atoms with van der Waals surface area (Å²) in [5.74, 6) is 0.164. The number of nitrogens with zero attached hydrogens (tertiary/aromatic N) is 1. The first kappa shape index (κ1) is 16.2. The first-order chi connectivity index (χ1) is 9.56. The molecule has 1 heterocycles. The zero-order valence-corrected chi connectivity index (χ0v) is 12.4. The molecule has 110 valence electrons. The molecule has 7 heteroatoms. The van der Waals surface area contributed by atoms with E-state index in [1.807, 2.05) is 6.92 Å². The van der Waals surface area contributed by atoms with Crippen molar-refractivity contribution in [2.75, 3.05) is 25.5 Å². The van der Waals surface area contributed by atoms with Gasteiger partial charge in [0.25, 0.3) is 5.91 Å². The fourth-order valence-corrected chi connectivity index (χ4v) is 1.70. The van der Waals surface area contributed by atoms with E-state index in [0.717, 1.165) is 13.0 Å². The summed E-state index contributed by atoms with van der Waals surface area (Å²) in [6, 6.07) is 3.13. The zero-order chi connectivity index (χ0) is 15.0. The molecule has 0 fully saturated rings. The first-order valence-electron chi connectivity index (χ1n) is 6.47. The normalized spacial score (nSPS) is 9.95. The van der Waals surface area contributed by atoms with Gasteiger partial charge >= 0.3 is 0 Å². The van der Waals surface area contributed by atoms with Gasteiger partial charge in [-0.1, -0.05) is 18.5 Å². The Labute approximate surface area is 123 Å². The monoisotopic (exact) mass is 298 g/mol. The molecule has 0 radical (unpaired) electrons. The molecule has 1 aromatic heterocycles. The Kier molecular flexibility index (Phi) is 6.79. The highest BCUT2D eigenvalue weighted by atomic mass is 35.5. The molecule has 0 aliphatic rings. The maximum Gasteiger partial charge on any atom is 0.251 e. The molecule has 0 bridgehead atoms. The topological polar surface area (TPSA) is 83.1 Å². The van der Waals surface area contributed by atoms with Gasteiger partial charge in [0.05, 0.1) is 0 Å². The van der Waals surface area contributed by atoms with Gasteiger partial charge in [-0.2, -0.15) is 0 Å². The summed E-state index contributed by atoms with van der Waals surface area (Å²) in [6.45, 7) is 3.06. The van der Waals surface area contributed by atoms with Gasteiger partial charge in [0.1, 0.15) is 11.0 Å². The minimum atomic E-state index is -0.280. The number of pyridine rings is 1. The number of rotatable bonds is 7. The summed E-state index contributed by atoms with van der Waals surface area (Å²) in [6.07, 6.45) is 1.18. The number of halogens is 1. The minimum Gasteiger partial charge on any atom is -0.370 e. The molecule has 20 heavy (non-hydrogen) atoms. The Hall–Kier alpha value is -1.82. The Morgan fingerprint density at radius 2 is 2.05 bits per heavy atom. The van der Waals surface area contributed by atoms with Crippen LogP contribution in [0.25, 0.3) is 0 Å². The lowest BCUT2D eigenvalue weighted by Crippen LogP contribution is -2.29. The van der Waals surface area contributed by atoms with Crippen LogP contribution in [0.1, 0.15) is 30.1 Å². The second-order valence-electron chi connectivity index (χ2n) is 4.17. The van der Waals surface area contributed by atoms with Crippen molar-refractivity contribution in [2.45, 2.75) is 19.8 Å². The van der Waals surface area contributed by atoms with Gasteiger partial charge in [-0.3, -0.25) is 9.59 Å². The van der Waals surface area contributed by atoms with Crippen molar-refractivity contribution < 1.29 is 9.59 Å². The predicted molar refractivity (Wildman–Crippen MR) is 79.0 cm³/mol. The fraction of sp³-hybridized carbons (Fsp3) is 0.462. The van der Waals surface area contributed by atoms with Crippen molar-refractivity contribution >= 4 is 29.2 Å². The van der Waals surface area contributed by atoms with Gasteiger partial charge in [0, 0.05) is 32.1 Å². The van der Waals surface area contributed by atoms with Crippen LogP contribution >= 0.6 is 11.6 Å². The Balaban J connectivity index is 2.62. The van der Waals surface area contributed by atoms with Gasteiger partial charge in [0.15, 0.2) is 0 Å². The van der Waals surface area contributed by atoms with Crippen LogP contribution in [-0.4, -0.2) is 36.9 Å². The number of anilines is 1. The summed E-state index contributed by atoms with van der Waals surface area (Å²) < 4.78 is 0. The second-order valence-corrected chi connectivity index (χ2v) is 4.56. The number of hydrogen-bond donors (Lipinski definition) is 3. The molecule has 0 aromatic carbocycles. The molecule has 0 atom stereocenters. The lowest BCUT2D eigenvalue weighted by molar-refractivity contribution is -0.120. The maximum atomic E-state index is 11.9. The van der Waals surface area contributed by atoms with E-state index in [0.29, 0.717) is 11.4 Å². The molecule has 6 nitrogen and oxygen atoms in total. The molecular weight excluding hydrogens is 280 g/mol. The Bertz CT molecular complexity index is 479. The number of carbonyl (C=O) groups excluding carboxylic acids is 2. The lowest BCUT2D eigenvalue weighted by Gasteiger charge is -2.08. The third-order valence-corrected chi connectivity index (χ3v) is 2.72. The Morgan fingerprint density at radius 1 is 1.30 bits per heavy atom. The van der Waals surface area contributed by atoms with Crippen LogP contribution in [0.15, 0.2) is 12.1 Å². The molecule has 0 saturated heterocycles. The molecule has 0 aliphatic carbocycles. The molecule has 2 amide bonds. The van der Waals surface area contributed by atoms with E-state index < -0.39 is 0 Å². The van der Waals surface area contributed by atoms with Crippen LogP contribution in [0.3, 0.4) is 0 Å². The molecule has 3 N–H and O–H groups in total. The van der Waals surface area contributed by atoms with Crippen LogP contribution in [0.4, 0.5) is 5.82 Å². The van der Waals surface area contributed by atoms with E-state index in [-0.39, 0.29) is 29.9 Å². The summed E-state index contributed by atoms with van der Waals surface area (Å²) in [4.78, 5) is 27.1. The van der Waals surface area contributed by atoms with E-state index in [1.165, 1.54) is 6.07 Å². The van der Waals surface area contributed by atoms with Crippen molar-refractivity contribution in [2.24, 2.45) is 0 Å². The molecule has 0 aliphatic heterocycles.